The molecule has 1 atom stereocenters. The first-order valence-corrected chi connectivity index (χ1v) is 19.2. The van der Waals surface area contributed by atoms with Crippen LogP contribution in [0.5, 0.6) is 17.2 Å². The number of phenols is 2. The molecule has 296 valence electrons. The number of benzene rings is 4. The second-order valence-electron chi connectivity index (χ2n) is 15.1. The standard InChI is InChI=1S/C44H49N5O5.2ClH/c1-45-20-22-46(23-21-45)28-34-24-30-10-6-7-11-31(30)27-47(34)43(52)37-25-41(51)42(54-2)26-40(37)48-29-38(36-14-8-9-15-39(36)48)44(53)49(32-12-4-3-5-13-32)33-16-18-35(50)19-17-33;;/h6-11,14-19,25-26,29,32,34,50-51H,3-5,12-13,20-24,27-28H2,1-2H3;2*1H/t34-;;/m0../s1. The molecule has 8 rings (SSSR count). The summed E-state index contributed by atoms with van der Waals surface area (Å²) < 4.78 is 7.52. The number of aromatic hydroxyl groups is 2. The molecular weight excluding hydrogens is 749 g/mol. The maximum absolute atomic E-state index is 15.1. The third-order valence-corrected chi connectivity index (χ3v) is 11.7. The number of ether oxygens (including phenoxy) is 1. The van der Waals surface area contributed by atoms with E-state index in [9.17, 15) is 15.0 Å². The number of likely N-dealkylation sites (N-methyl/N-ethyl adjacent to an activating group) is 1. The van der Waals surface area contributed by atoms with Crippen molar-refractivity contribution in [3.63, 3.8) is 0 Å². The van der Waals surface area contributed by atoms with Crippen LogP contribution >= 0.6 is 24.8 Å². The van der Waals surface area contributed by atoms with Crippen molar-refractivity contribution in [3.8, 4) is 22.9 Å². The zero-order chi connectivity index (χ0) is 37.3. The molecule has 4 aromatic carbocycles. The van der Waals surface area contributed by atoms with E-state index in [0.717, 1.165) is 93.4 Å². The van der Waals surface area contributed by atoms with Gasteiger partial charge in [0.2, 0.25) is 0 Å². The van der Waals surface area contributed by atoms with E-state index in [0.29, 0.717) is 23.4 Å². The molecule has 3 heterocycles. The minimum absolute atomic E-state index is 0. The predicted octanol–water partition coefficient (Wildman–Crippen LogP) is 7.69. The Morgan fingerprint density at radius 2 is 1.50 bits per heavy atom. The zero-order valence-corrected chi connectivity index (χ0v) is 33.6. The average Bonchev–Trinajstić information content (AvgIpc) is 3.59. The molecule has 1 saturated carbocycles. The SMILES string of the molecule is COc1cc(-n2cc(C(=O)N(c3ccc(O)cc3)C3CCCCC3)c3ccccc32)c(C(=O)N2Cc3ccccc3C[C@H]2CN2CCN(C)CC2)cc1O.Cl.Cl. The van der Waals surface area contributed by atoms with Gasteiger partial charge >= 0.3 is 0 Å². The lowest BCUT2D eigenvalue weighted by atomic mass is 9.92. The number of anilines is 1. The molecule has 10 nitrogen and oxygen atoms in total. The molecule has 2 N–H and O–H groups in total. The quantitative estimate of drug-likeness (QED) is 0.166. The van der Waals surface area contributed by atoms with E-state index in [-0.39, 0.29) is 66.0 Å². The van der Waals surface area contributed by atoms with Crippen molar-refractivity contribution < 1.29 is 24.5 Å². The van der Waals surface area contributed by atoms with E-state index >= 15 is 4.79 Å². The normalized spacial score (nSPS) is 17.8. The van der Waals surface area contributed by atoms with Gasteiger partial charge < -0.3 is 34.2 Å². The molecule has 1 aliphatic carbocycles. The Morgan fingerprint density at radius 1 is 0.821 bits per heavy atom. The van der Waals surface area contributed by atoms with Gasteiger partial charge in [0, 0.05) is 74.7 Å². The summed E-state index contributed by atoms with van der Waals surface area (Å²) in [4.78, 5) is 38.7. The van der Waals surface area contributed by atoms with Crippen LogP contribution in [0.1, 0.15) is 63.9 Å². The van der Waals surface area contributed by atoms with Crippen molar-refractivity contribution in [2.24, 2.45) is 0 Å². The van der Waals surface area contributed by atoms with E-state index in [4.69, 9.17) is 4.74 Å². The fourth-order valence-electron chi connectivity index (χ4n) is 8.69. The maximum Gasteiger partial charge on any atom is 0.260 e. The Hall–Kier alpha value is -4.74. The van der Waals surface area contributed by atoms with E-state index in [1.54, 1.807) is 30.3 Å². The van der Waals surface area contributed by atoms with Crippen molar-refractivity contribution in [1.82, 2.24) is 19.3 Å². The molecule has 0 bridgehead atoms. The first-order valence-electron chi connectivity index (χ1n) is 19.2. The summed E-state index contributed by atoms with van der Waals surface area (Å²) in [5.41, 5.74) is 5.24. The number of carbonyl (C=O) groups excluding carboxylic acids is 2. The molecule has 2 amide bonds. The number of rotatable bonds is 8. The van der Waals surface area contributed by atoms with Gasteiger partial charge in [-0.05, 0) is 73.8 Å². The van der Waals surface area contributed by atoms with Crippen LogP contribution in [0.4, 0.5) is 5.69 Å². The summed E-state index contributed by atoms with van der Waals surface area (Å²) in [5.74, 6) is -0.0664. The maximum atomic E-state index is 15.1. The first-order chi connectivity index (χ1) is 26.3. The van der Waals surface area contributed by atoms with Crippen LogP contribution in [0, 0.1) is 0 Å². The molecule has 56 heavy (non-hydrogen) atoms. The number of methoxy groups -OCH3 is 1. The Bertz CT molecular complexity index is 2160. The van der Waals surface area contributed by atoms with Gasteiger partial charge in [-0.15, -0.1) is 24.8 Å². The van der Waals surface area contributed by atoms with Crippen LogP contribution in [0.15, 0.2) is 91.1 Å². The Morgan fingerprint density at radius 3 is 2.21 bits per heavy atom. The van der Waals surface area contributed by atoms with Gasteiger partial charge in [0.1, 0.15) is 5.75 Å². The lowest BCUT2D eigenvalue weighted by Gasteiger charge is -2.41. The number of aromatic nitrogens is 1. The molecule has 0 spiro atoms. The van der Waals surface area contributed by atoms with E-state index < -0.39 is 0 Å². The van der Waals surface area contributed by atoms with E-state index in [2.05, 4.69) is 35.0 Å². The number of piperazine rings is 1. The summed E-state index contributed by atoms with van der Waals surface area (Å²) in [5, 5.41) is 22.0. The van der Waals surface area contributed by atoms with Gasteiger partial charge in [-0.2, -0.15) is 0 Å². The molecule has 5 aromatic rings. The number of para-hydroxylation sites is 1. The highest BCUT2D eigenvalue weighted by atomic mass is 35.5. The predicted molar refractivity (Wildman–Crippen MR) is 226 cm³/mol. The second kappa shape index (κ2) is 17.6. The van der Waals surface area contributed by atoms with Gasteiger partial charge in [0.15, 0.2) is 11.5 Å². The number of amides is 2. The Labute approximate surface area is 341 Å². The number of hydrogen-bond donors (Lipinski definition) is 2. The molecule has 0 unspecified atom stereocenters. The van der Waals surface area contributed by atoms with Crippen molar-refractivity contribution in [2.75, 3.05) is 51.8 Å². The smallest absolute Gasteiger partial charge is 0.260 e. The molecule has 1 aromatic heterocycles. The Balaban J connectivity index is 0.00000266. The third kappa shape index (κ3) is 8.07. The summed E-state index contributed by atoms with van der Waals surface area (Å²) in [6, 6.07) is 26.1. The van der Waals surface area contributed by atoms with Crippen molar-refractivity contribution in [2.45, 2.75) is 57.2 Å². The molecule has 1 saturated heterocycles. The highest BCUT2D eigenvalue weighted by Gasteiger charge is 2.35. The van der Waals surface area contributed by atoms with Crippen molar-refractivity contribution in [3.05, 3.63) is 113 Å². The summed E-state index contributed by atoms with van der Waals surface area (Å²) in [6.45, 7) is 5.07. The third-order valence-electron chi connectivity index (χ3n) is 11.7. The van der Waals surface area contributed by atoms with Crippen LogP contribution < -0.4 is 9.64 Å². The van der Waals surface area contributed by atoms with Crippen LogP contribution in [0.2, 0.25) is 0 Å². The monoisotopic (exact) mass is 799 g/mol. The highest BCUT2D eigenvalue weighted by Crippen LogP contribution is 2.38. The van der Waals surface area contributed by atoms with Crippen molar-refractivity contribution >= 4 is 53.2 Å². The molecule has 3 aliphatic rings. The molecule has 12 heteroatoms. The molecular formula is C44H51Cl2N5O5. The number of fused-ring (bicyclic) bond motifs is 2. The number of nitrogens with zero attached hydrogens (tertiary/aromatic N) is 5. The fourth-order valence-corrected chi connectivity index (χ4v) is 8.69. The Kier molecular flexibility index (Phi) is 12.9. The van der Waals surface area contributed by atoms with Gasteiger partial charge in [-0.25, -0.2) is 0 Å². The highest BCUT2D eigenvalue weighted by molar-refractivity contribution is 6.15. The lowest BCUT2D eigenvalue weighted by Crippen LogP contribution is -2.53. The van der Waals surface area contributed by atoms with E-state index in [1.165, 1.54) is 18.7 Å². The zero-order valence-electron chi connectivity index (χ0n) is 32.0. The van der Waals surface area contributed by atoms with Crippen LogP contribution in [-0.4, -0.2) is 100 Å². The minimum atomic E-state index is -0.185. The molecule has 2 aliphatic heterocycles. The van der Waals surface area contributed by atoms with Crippen LogP contribution in [0.3, 0.4) is 0 Å². The number of halogens is 2. The van der Waals surface area contributed by atoms with Gasteiger partial charge in [0.25, 0.3) is 11.8 Å². The number of phenolic OH excluding ortho intramolecular Hbond substituents is 2. The van der Waals surface area contributed by atoms with Crippen LogP contribution in [0.25, 0.3) is 16.6 Å². The fraction of sp³-hybridized carbons (Fsp3) is 0.364. The second-order valence-corrected chi connectivity index (χ2v) is 15.1. The largest absolute Gasteiger partial charge is 0.508 e. The minimum Gasteiger partial charge on any atom is -0.508 e. The van der Waals surface area contributed by atoms with E-state index in [1.807, 2.05) is 50.9 Å². The summed E-state index contributed by atoms with van der Waals surface area (Å²) in [6.07, 6.45) is 7.60. The average molecular weight is 801 g/mol. The number of hydrogen-bond acceptors (Lipinski definition) is 7. The van der Waals surface area contributed by atoms with Gasteiger partial charge in [0.05, 0.1) is 29.4 Å². The first kappa shape index (κ1) is 40.9. The van der Waals surface area contributed by atoms with Crippen molar-refractivity contribution in [1.29, 1.82) is 0 Å². The van der Waals surface area contributed by atoms with Gasteiger partial charge in [-0.1, -0.05) is 61.7 Å². The number of carbonyl (C=O) groups is 2. The summed E-state index contributed by atoms with van der Waals surface area (Å²) >= 11 is 0. The summed E-state index contributed by atoms with van der Waals surface area (Å²) in [7, 11) is 3.64. The molecule has 0 radical (unpaired) electrons. The van der Waals surface area contributed by atoms with Gasteiger partial charge in [-0.3, -0.25) is 14.5 Å². The topological polar surface area (TPSA) is 102 Å². The molecule has 2 fully saturated rings. The van der Waals surface area contributed by atoms with Crippen LogP contribution in [-0.2, 0) is 13.0 Å². The lowest BCUT2D eigenvalue weighted by molar-refractivity contribution is 0.0535.